The molecule has 4 N–H and O–H groups in total. The van der Waals surface area contributed by atoms with Gasteiger partial charge >= 0.3 is 0 Å². The first kappa shape index (κ1) is 21.9. The number of morpholine rings is 1. The zero-order valence-electron chi connectivity index (χ0n) is 15.5. The molecule has 0 aliphatic carbocycles. The fraction of sp³-hybridized carbons (Fsp3) is 0.444. The zero-order valence-corrected chi connectivity index (χ0v) is 17.2. The smallest absolute Gasteiger partial charge is 0.265 e. The maximum Gasteiger partial charge on any atom is 0.265 e. The molecular weight excluding hydrogens is 422 g/mol. The van der Waals surface area contributed by atoms with Crippen LogP contribution in [0.3, 0.4) is 0 Å². The van der Waals surface area contributed by atoms with E-state index in [2.05, 4.69) is 15.5 Å². The summed E-state index contributed by atoms with van der Waals surface area (Å²) < 4.78 is 32.0. The summed E-state index contributed by atoms with van der Waals surface area (Å²) in [5.74, 6) is -2.14. The molecule has 2 amide bonds. The Labute approximate surface area is 175 Å². The molecule has 1 aromatic carbocycles. The maximum atomic E-state index is 13.4. The molecular formula is C18H22F2N4O3S2. The molecule has 2 aliphatic heterocycles. The minimum atomic E-state index is -0.859. The van der Waals surface area contributed by atoms with Crippen molar-refractivity contribution in [1.29, 1.82) is 0 Å². The topological polar surface area (TPSA) is 96.7 Å². The summed E-state index contributed by atoms with van der Waals surface area (Å²) in [6.07, 6.45) is -0.176. The SMILES string of the molecule is NC(=O)C1=CSC(SCC(=O)NC[C@H]2CN(Cc3ccc(F)c(F)c3)CCO2)N1. The Morgan fingerprint density at radius 1 is 1.38 bits per heavy atom. The lowest BCUT2D eigenvalue weighted by atomic mass is 10.1. The van der Waals surface area contributed by atoms with Gasteiger partial charge in [-0.25, -0.2) is 8.78 Å². The highest BCUT2D eigenvalue weighted by Crippen LogP contribution is 2.29. The summed E-state index contributed by atoms with van der Waals surface area (Å²) in [6.45, 7) is 2.62. The minimum Gasteiger partial charge on any atom is -0.374 e. The Bertz CT molecular complexity index is 796. The van der Waals surface area contributed by atoms with E-state index in [1.165, 1.54) is 29.6 Å². The van der Waals surface area contributed by atoms with E-state index in [4.69, 9.17) is 10.5 Å². The first-order valence-corrected chi connectivity index (χ1v) is 11.0. The zero-order chi connectivity index (χ0) is 20.8. The van der Waals surface area contributed by atoms with Gasteiger partial charge in [0, 0.05) is 31.6 Å². The number of benzene rings is 1. The van der Waals surface area contributed by atoms with Gasteiger partial charge < -0.3 is 21.1 Å². The van der Waals surface area contributed by atoms with Crippen LogP contribution >= 0.6 is 23.5 Å². The van der Waals surface area contributed by atoms with Gasteiger partial charge in [0.15, 0.2) is 11.6 Å². The van der Waals surface area contributed by atoms with E-state index in [1.807, 2.05) is 0 Å². The first-order valence-electron chi connectivity index (χ1n) is 8.99. The molecule has 1 aromatic rings. The molecule has 3 rings (SSSR count). The van der Waals surface area contributed by atoms with E-state index >= 15 is 0 Å². The highest BCUT2D eigenvalue weighted by Gasteiger charge is 2.23. The van der Waals surface area contributed by atoms with Gasteiger partial charge in [-0.05, 0) is 17.7 Å². The van der Waals surface area contributed by atoms with E-state index in [0.717, 1.165) is 6.07 Å². The van der Waals surface area contributed by atoms with Gasteiger partial charge in [0.2, 0.25) is 5.91 Å². The van der Waals surface area contributed by atoms with Crippen molar-refractivity contribution in [2.45, 2.75) is 17.4 Å². The van der Waals surface area contributed by atoms with Crippen molar-refractivity contribution < 1.29 is 23.1 Å². The number of amides is 2. The van der Waals surface area contributed by atoms with Crippen molar-refractivity contribution in [2.24, 2.45) is 5.73 Å². The Hall–Kier alpha value is -1.82. The summed E-state index contributed by atoms with van der Waals surface area (Å²) in [4.78, 5) is 25.2. The molecule has 0 radical (unpaired) electrons. The maximum absolute atomic E-state index is 13.4. The van der Waals surface area contributed by atoms with Crippen molar-refractivity contribution >= 4 is 35.3 Å². The number of primary amides is 1. The molecule has 158 valence electrons. The lowest BCUT2D eigenvalue weighted by molar-refractivity contribution is -0.119. The predicted molar refractivity (Wildman–Crippen MR) is 109 cm³/mol. The molecule has 0 aromatic heterocycles. The van der Waals surface area contributed by atoms with Crippen molar-refractivity contribution in [3.05, 3.63) is 46.5 Å². The number of rotatable bonds is 8. The van der Waals surface area contributed by atoms with Crippen LogP contribution in [0.4, 0.5) is 8.78 Å². The second-order valence-corrected chi connectivity index (χ2v) is 8.97. The standard InChI is InChI=1S/C18H22F2N4O3S2/c19-13-2-1-11(5-14(13)20)7-24-3-4-27-12(8-24)6-22-16(25)10-29-18-23-15(9-28-18)17(21)26/h1-2,5,9,12,18,23H,3-4,6-8,10H2,(H2,21,26)(H,22,25)/t12-,18?/m0/s1. The van der Waals surface area contributed by atoms with E-state index in [0.29, 0.717) is 44.0 Å². The van der Waals surface area contributed by atoms with Gasteiger partial charge in [0.1, 0.15) is 10.4 Å². The second kappa shape index (κ2) is 10.3. The monoisotopic (exact) mass is 444 g/mol. The number of nitrogens with two attached hydrogens (primary N) is 1. The summed E-state index contributed by atoms with van der Waals surface area (Å²) in [7, 11) is 0. The quantitative estimate of drug-likeness (QED) is 0.550. The Morgan fingerprint density at radius 2 is 2.21 bits per heavy atom. The third kappa shape index (κ3) is 6.59. The van der Waals surface area contributed by atoms with Gasteiger partial charge in [-0.3, -0.25) is 14.5 Å². The minimum absolute atomic E-state index is 0.124. The predicted octanol–water partition coefficient (Wildman–Crippen LogP) is 0.962. The molecule has 1 fully saturated rings. The molecule has 0 spiro atoms. The molecule has 1 unspecified atom stereocenters. The number of nitrogens with one attached hydrogen (secondary N) is 2. The second-order valence-electron chi connectivity index (χ2n) is 6.60. The molecule has 2 aliphatic rings. The number of halogens is 2. The van der Waals surface area contributed by atoms with Crippen molar-refractivity contribution in [1.82, 2.24) is 15.5 Å². The van der Waals surface area contributed by atoms with Crippen LogP contribution in [0.1, 0.15) is 5.56 Å². The molecule has 2 heterocycles. The number of ether oxygens (including phenoxy) is 1. The summed E-state index contributed by atoms with van der Waals surface area (Å²) in [5.41, 5.74) is 6.24. The van der Waals surface area contributed by atoms with Crippen LogP contribution in [-0.4, -0.2) is 59.5 Å². The molecule has 11 heteroatoms. The highest BCUT2D eigenvalue weighted by atomic mass is 32.2. The van der Waals surface area contributed by atoms with Crippen LogP contribution in [0.25, 0.3) is 0 Å². The number of carbonyl (C=O) groups is 2. The van der Waals surface area contributed by atoms with E-state index in [-0.39, 0.29) is 22.5 Å². The molecule has 2 atom stereocenters. The van der Waals surface area contributed by atoms with Gasteiger partial charge in [-0.15, -0.1) is 11.8 Å². The number of nitrogens with zero attached hydrogens (tertiary/aromatic N) is 1. The van der Waals surface area contributed by atoms with E-state index in [9.17, 15) is 18.4 Å². The van der Waals surface area contributed by atoms with E-state index < -0.39 is 17.5 Å². The Balaban J connectivity index is 1.36. The van der Waals surface area contributed by atoms with Crippen molar-refractivity contribution in [3.63, 3.8) is 0 Å². The van der Waals surface area contributed by atoms with Crippen molar-refractivity contribution in [2.75, 3.05) is 32.0 Å². The van der Waals surface area contributed by atoms with Gasteiger partial charge in [-0.1, -0.05) is 17.8 Å². The van der Waals surface area contributed by atoms with Gasteiger partial charge in [-0.2, -0.15) is 0 Å². The van der Waals surface area contributed by atoms with Crippen LogP contribution < -0.4 is 16.4 Å². The van der Waals surface area contributed by atoms with Crippen LogP contribution in [0.5, 0.6) is 0 Å². The van der Waals surface area contributed by atoms with Crippen LogP contribution in [0.2, 0.25) is 0 Å². The molecule has 1 saturated heterocycles. The Kier molecular flexibility index (Phi) is 7.76. The van der Waals surface area contributed by atoms with Crippen molar-refractivity contribution in [3.8, 4) is 0 Å². The highest BCUT2D eigenvalue weighted by molar-refractivity contribution is 8.18. The van der Waals surface area contributed by atoms with Crippen LogP contribution in [0.15, 0.2) is 29.3 Å². The van der Waals surface area contributed by atoms with Gasteiger partial charge in [0.25, 0.3) is 5.91 Å². The molecule has 7 nitrogen and oxygen atoms in total. The fourth-order valence-corrected chi connectivity index (χ4v) is 4.85. The first-order chi connectivity index (χ1) is 13.9. The number of carbonyl (C=O) groups excluding carboxylic acids is 2. The molecule has 0 bridgehead atoms. The van der Waals surface area contributed by atoms with Gasteiger partial charge in [0.05, 0.1) is 18.5 Å². The van der Waals surface area contributed by atoms with E-state index in [1.54, 1.807) is 11.5 Å². The lowest BCUT2D eigenvalue weighted by Crippen LogP contribution is -2.47. The number of thioether (sulfide) groups is 2. The number of hydrogen-bond acceptors (Lipinski definition) is 7. The average molecular weight is 445 g/mol. The Morgan fingerprint density at radius 3 is 2.93 bits per heavy atom. The largest absolute Gasteiger partial charge is 0.374 e. The molecule has 29 heavy (non-hydrogen) atoms. The third-order valence-electron chi connectivity index (χ3n) is 4.35. The van der Waals surface area contributed by atoms with Crippen LogP contribution in [-0.2, 0) is 20.9 Å². The third-order valence-corrected chi connectivity index (χ3v) is 6.68. The average Bonchev–Trinajstić information content (AvgIpc) is 3.17. The number of hydrogen-bond donors (Lipinski definition) is 3. The fourth-order valence-electron chi connectivity index (χ4n) is 2.91. The lowest BCUT2D eigenvalue weighted by Gasteiger charge is -2.33. The summed E-state index contributed by atoms with van der Waals surface area (Å²) in [5, 5.41) is 7.43. The summed E-state index contributed by atoms with van der Waals surface area (Å²) >= 11 is 2.76. The van der Waals surface area contributed by atoms with Crippen LogP contribution in [0, 0.1) is 11.6 Å². The summed E-state index contributed by atoms with van der Waals surface area (Å²) in [6, 6.07) is 3.89. The normalized spacial score (nSPS) is 22.1. The molecule has 0 saturated carbocycles.